The highest BCUT2D eigenvalue weighted by atomic mass is 16.7. The maximum atomic E-state index is 9.01. The molecule has 0 aliphatic carbocycles. The summed E-state index contributed by atoms with van der Waals surface area (Å²) < 4.78 is 11.4. The van der Waals surface area contributed by atoms with Gasteiger partial charge in [-0.05, 0) is 72.9 Å². The van der Waals surface area contributed by atoms with Crippen LogP contribution in [0.25, 0.3) is 0 Å². The number of benzene rings is 2. The molecule has 2 aromatic carbocycles. The van der Waals surface area contributed by atoms with Gasteiger partial charge in [-0.3, -0.25) is 0 Å². The van der Waals surface area contributed by atoms with Crippen molar-refractivity contribution < 1.29 is 14.6 Å². The molecule has 0 radical (unpaired) electrons. The van der Waals surface area contributed by atoms with Crippen molar-refractivity contribution in [1.29, 1.82) is 0 Å². The molecular weight excluding hydrogens is 348 g/mol. The Bertz CT molecular complexity index is 657. The molecule has 1 aliphatic heterocycles. The van der Waals surface area contributed by atoms with Crippen molar-refractivity contribution in [2.24, 2.45) is 0 Å². The number of ether oxygens (including phenoxy) is 2. The molecule has 1 heterocycles. The molecule has 3 unspecified atom stereocenters. The summed E-state index contributed by atoms with van der Waals surface area (Å²) in [4.78, 5) is 0. The van der Waals surface area contributed by atoms with Crippen LogP contribution in [0.5, 0.6) is 11.5 Å². The first-order chi connectivity index (χ1) is 13.5. The third-order valence-corrected chi connectivity index (χ3v) is 5.54. The number of hydrogen-bond donors (Lipinski definition) is 1. The Morgan fingerprint density at radius 3 is 1.89 bits per heavy atom. The number of phenolic OH excluding ortho intramolecular Hbond substituents is 1. The normalized spacial score (nSPS) is 18.5. The third kappa shape index (κ3) is 7.20. The zero-order valence-corrected chi connectivity index (χ0v) is 17.9. The zero-order chi connectivity index (χ0) is 20.4. The lowest BCUT2D eigenvalue weighted by molar-refractivity contribution is -0.105. The van der Waals surface area contributed by atoms with Crippen LogP contribution in [-0.4, -0.2) is 18.0 Å². The standard InChI is InChI=1S/C15H22O2.C10H14O/c1-3-12(2)13-7-9-14(10-8-13)17-15-6-4-5-11-16-15;1-3-8(2)9-4-6-10(11)7-5-9/h7-10,12,15H,3-6,11H2,1-2H3;4-8,11H,3H2,1-2H3. The maximum Gasteiger partial charge on any atom is 0.199 e. The summed E-state index contributed by atoms with van der Waals surface area (Å²) in [5.41, 5.74) is 2.68. The van der Waals surface area contributed by atoms with Crippen molar-refractivity contribution in [3.8, 4) is 11.5 Å². The van der Waals surface area contributed by atoms with Crippen molar-refractivity contribution in [3.63, 3.8) is 0 Å². The molecule has 2 aromatic rings. The molecule has 1 N–H and O–H groups in total. The third-order valence-electron chi connectivity index (χ3n) is 5.54. The minimum absolute atomic E-state index is 0.0433. The van der Waals surface area contributed by atoms with Crippen molar-refractivity contribution >= 4 is 0 Å². The molecule has 0 amide bonds. The highest BCUT2D eigenvalue weighted by molar-refractivity contribution is 5.29. The van der Waals surface area contributed by atoms with E-state index in [1.54, 1.807) is 12.1 Å². The summed E-state index contributed by atoms with van der Waals surface area (Å²) in [5, 5.41) is 9.01. The Kier molecular flexibility index (Phi) is 9.36. The average molecular weight is 385 g/mol. The van der Waals surface area contributed by atoms with E-state index in [-0.39, 0.29) is 6.29 Å². The predicted molar refractivity (Wildman–Crippen MR) is 116 cm³/mol. The average Bonchev–Trinajstić information content (AvgIpc) is 2.75. The molecule has 3 atom stereocenters. The number of phenols is 1. The van der Waals surface area contributed by atoms with Gasteiger partial charge in [-0.15, -0.1) is 0 Å². The van der Waals surface area contributed by atoms with Gasteiger partial charge in [0.05, 0.1) is 6.61 Å². The summed E-state index contributed by atoms with van der Waals surface area (Å²) >= 11 is 0. The minimum atomic E-state index is -0.0433. The summed E-state index contributed by atoms with van der Waals surface area (Å²) in [5.74, 6) is 2.48. The van der Waals surface area contributed by atoms with Crippen molar-refractivity contribution in [2.45, 2.75) is 77.9 Å². The largest absolute Gasteiger partial charge is 0.508 e. The van der Waals surface area contributed by atoms with Gasteiger partial charge in [-0.1, -0.05) is 52.0 Å². The Morgan fingerprint density at radius 1 is 0.893 bits per heavy atom. The van der Waals surface area contributed by atoms with Crippen LogP contribution in [0.2, 0.25) is 0 Å². The summed E-state index contributed by atoms with van der Waals surface area (Å²) in [7, 11) is 0. The summed E-state index contributed by atoms with van der Waals surface area (Å²) in [6.07, 6.45) is 5.64. The van der Waals surface area contributed by atoms with E-state index in [2.05, 4.69) is 52.0 Å². The van der Waals surface area contributed by atoms with Gasteiger partial charge in [0.25, 0.3) is 0 Å². The Hall–Kier alpha value is -2.00. The topological polar surface area (TPSA) is 38.7 Å². The molecule has 0 spiro atoms. The molecular formula is C25H36O3. The van der Waals surface area contributed by atoms with Crippen LogP contribution in [0, 0.1) is 0 Å². The van der Waals surface area contributed by atoms with Crippen molar-refractivity contribution in [3.05, 3.63) is 59.7 Å². The van der Waals surface area contributed by atoms with Gasteiger partial charge >= 0.3 is 0 Å². The van der Waals surface area contributed by atoms with Crippen LogP contribution in [0.15, 0.2) is 48.5 Å². The molecule has 0 saturated carbocycles. The lowest BCUT2D eigenvalue weighted by atomic mass is 9.99. The SMILES string of the molecule is CCC(C)c1ccc(O)cc1.CCC(C)c1ccc(OC2CCCCO2)cc1. The Labute approximate surface area is 170 Å². The maximum absolute atomic E-state index is 9.01. The molecule has 1 saturated heterocycles. The zero-order valence-electron chi connectivity index (χ0n) is 17.9. The molecule has 28 heavy (non-hydrogen) atoms. The van der Waals surface area contributed by atoms with Gasteiger partial charge in [0, 0.05) is 6.42 Å². The van der Waals surface area contributed by atoms with E-state index in [1.165, 1.54) is 24.0 Å². The summed E-state index contributed by atoms with van der Waals surface area (Å²) in [6.45, 7) is 9.64. The Balaban J connectivity index is 0.000000221. The first-order valence-electron chi connectivity index (χ1n) is 10.7. The lowest BCUT2D eigenvalue weighted by Gasteiger charge is -2.23. The lowest BCUT2D eigenvalue weighted by Crippen LogP contribution is -2.24. The molecule has 3 heteroatoms. The van der Waals surface area contributed by atoms with Crippen LogP contribution in [-0.2, 0) is 4.74 Å². The van der Waals surface area contributed by atoms with E-state index in [0.717, 1.165) is 31.6 Å². The molecule has 1 fully saturated rings. The van der Waals surface area contributed by atoms with Gasteiger partial charge < -0.3 is 14.6 Å². The first kappa shape index (κ1) is 22.3. The van der Waals surface area contributed by atoms with E-state index in [4.69, 9.17) is 14.6 Å². The fourth-order valence-electron chi connectivity index (χ4n) is 3.11. The van der Waals surface area contributed by atoms with Crippen LogP contribution in [0.4, 0.5) is 0 Å². The van der Waals surface area contributed by atoms with Gasteiger partial charge in [-0.25, -0.2) is 0 Å². The van der Waals surface area contributed by atoms with Gasteiger partial charge in [0.2, 0.25) is 0 Å². The van der Waals surface area contributed by atoms with E-state index < -0.39 is 0 Å². The first-order valence-corrected chi connectivity index (χ1v) is 10.7. The molecule has 3 nitrogen and oxygen atoms in total. The highest BCUT2D eigenvalue weighted by Crippen LogP contribution is 2.24. The molecule has 1 aliphatic rings. The van der Waals surface area contributed by atoms with Gasteiger partial charge in [0.1, 0.15) is 11.5 Å². The van der Waals surface area contributed by atoms with E-state index in [9.17, 15) is 0 Å². The van der Waals surface area contributed by atoms with Crippen LogP contribution in [0.1, 0.15) is 82.8 Å². The summed E-state index contributed by atoms with van der Waals surface area (Å²) in [6, 6.07) is 15.9. The smallest absolute Gasteiger partial charge is 0.199 e. The second-order valence-corrected chi connectivity index (χ2v) is 7.69. The van der Waals surface area contributed by atoms with Crippen LogP contribution >= 0.6 is 0 Å². The van der Waals surface area contributed by atoms with E-state index in [1.807, 2.05) is 12.1 Å². The van der Waals surface area contributed by atoms with Crippen LogP contribution in [0.3, 0.4) is 0 Å². The molecule has 0 bridgehead atoms. The van der Waals surface area contributed by atoms with Crippen molar-refractivity contribution in [1.82, 2.24) is 0 Å². The van der Waals surface area contributed by atoms with E-state index >= 15 is 0 Å². The molecule has 0 aromatic heterocycles. The fourth-order valence-corrected chi connectivity index (χ4v) is 3.11. The second kappa shape index (κ2) is 11.8. The van der Waals surface area contributed by atoms with Crippen LogP contribution < -0.4 is 4.74 Å². The number of aromatic hydroxyl groups is 1. The number of hydrogen-bond acceptors (Lipinski definition) is 3. The number of rotatable bonds is 6. The second-order valence-electron chi connectivity index (χ2n) is 7.69. The molecule has 3 rings (SSSR count). The van der Waals surface area contributed by atoms with Gasteiger partial charge in [-0.2, -0.15) is 0 Å². The quantitative estimate of drug-likeness (QED) is 0.582. The predicted octanol–water partition coefficient (Wildman–Crippen LogP) is 7.01. The highest BCUT2D eigenvalue weighted by Gasteiger charge is 2.15. The Morgan fingerprint density at radius 2 is 1.43 bits per heavy atom. The monoisotopic (exact) mass is 384 g/mol. The van der Waals surface area contributed by atoms with Gasteiger partial charge in [0.15, 0.2) is 6.29 Å². The van der Waals surface area contributed by atoms with E-state index in [0.29, 0.717) is 17.6 Å². The fraction of sp³-hybridized carbons (Fsp3) is 0.520. The molecule has 154 valence electrons. The van der Waals surface area contributed by atoms with Crippen molar-refractivity contribution in [2.75, 3.05) is 6.61 Å². The minimum Gasteiger partial charge on any atom is -0.508 e.